The molecule has 4 aliphatic rings. The highest BCUT2D eigenvalue weighted by atomic mass is 35.5. The van der Waals surface area contributed by atoms with Crippen molar-refractivity contribution >= 4 is 237 Å². The van der Waals surface area contributed by atoms with E-state index in [0.29, 0.717) is 150 Å². The molecule has 4 aliphatic heterocycles. The number of halogens is 14. The summed E-state index contributed by atoms with van der Waals surface area (Å²) in [4.78, 5) is 89.5. The second kappa shape index (κ2) is 53.0. The van der Waals surface area contributed by atoms with Crippen molar-refractivity contribution in [3.05, 3.63) is 326 Å². The number of ether oxygens (including phenoxy) is 6. The SMILES string of the molecule is C=CC(=O)Cl.C=CC(=O)N1CCOc2ccc(Nc3ncc(F)c(Nc4cccc(Cl)c4)n3)cc21.CC(C)(C)OC(=O)N1CCOc2ccc(N)cc21.CC(C)(C)OC(=O)N1CCOc2ccc(Nc3ncc(F)c(Nc4cccc(Cl)c4)n3)cc21.Fc1cnc(Cl)nc1Cl.Fc1cnc(Cl)nc1Nc1cccc(Cl)c1.Fc1cnc(Nc2ccc3c(c2)CCCO3)nc1Nc1cccc(Cl)c1.Nc1cccc(Cl)c1. The second-order valence-corrected chi connectivity index (χ2v) is 35.7. The maximum Gasteiger partial charge on any atom is 0.415 e. The van der Waals surface area contributed by atoms with E-state index in [1.165, 1.54) is 11.0 Å². The highest BCUT2D eigenvalue weighted by molar-refractivity contribution is 6.66. The lowest BCUT2D eigenvalue weighted by Gasteiger charge is -2.31. The van der Waals surface area contributed by atoms with E-state index in [1.807, 2.05) is 65.8 Å². The van der Waals surface area contributed by atoms with Gasteiger partial charge in [0.25, 0.3) is 5.91 Å². The van der Waals surface area contributed by atoms with Crippen LogP contribution in [0.5, 0.6) is 23.0 Å². The number of nitrogens with zero attached hydrogens (tertiary/aromatic N) is 13. The summed E-state index contributed by atoms with van der Waals surface area (Å²) in [5, 5.41) is 22.6. The zero-order chi connectivity index (χ0) is 105. The first kappa shape index (κ1) is 111. The molecular formula is C99H90Cl9F5N22O10. The van der Waals surface area contributed by atoms with Gasteiger partial charge < -0.3 is 82.0 Å². The Kier molecular flexibility index (Phi) is 40.4. The predicted octanol–water partition coefficient (Wildman–Crippen LogP) is 26.5. The molecule has 0 fully saturated rings. The van der Waals surface area contributed by atoms with Crippen molar-refractivity contribution in [2.75, 3.05) is 109 Å². The second-order valence-electron chi connectivity index (χ2n) is 32.1. The molecule has 145 heavy (non-hydrogen) atoms. The summed E-state index contributed by atoms with van der Waals surface area (Å²) < 4.78 is 101. The standard InChI is InChI=1S/C23H23ClFN5O3.C21H17ClFN5O2.C19H16ClFN4O.C13H18N2O3.C10H6Cl2FN3.C6H6ClN.C4HCl2FN2.C3H3ClO/c1-23(2,3)33-22(31)30-9-10-32-19-8-7-16(12-18(19)30)28-21-26-13-17(25)20(29-21)27-15-6-4-5-14(24)11-15;1-2-19(29)28-8-9-30-18-7-6-15(11-17(18)28)26-21-24-12-16(23)20(27-21)25-14-5-3-4-13(22)10-14;20-13-4-1-5-14(10-13)23-18-16(21)11-22-19(25-18)24-15-6-7-17-12(9-15)3-2-8-26-17;1-13(2,3)18-12(16)15-6-7-17-11-5-4-9(14)8-10(11)15;11-6-2-1-3-7(4-6)15-9-8(13)5-14-10(12)16-9;7-5-2-1-3-6(8)4-5;5-3-2(7)1-8-4(6)9-3;1-2-3(4)5/h4-8,11-13H,9-10H2,1-3H3,(H2,26,27,28,29);2-7,10-12H,1,8-9H2,(H2,24,25,26,27);1,4-7,9-11H,2-3,8H2,(H2,22,23,24,25);4-5,8H,6-7,14H2,1-3H3;1-5H,(H,14,15,16);1-4H,8H2;1H;2H,1H2. The lowest BCUT2D eigenvalue weighted by atomic mass is 10.1. The number of carbonyl (C=O) groups excluding carboxylic acids is 4. The average molecular weight is 2160 g/mol. The predicted molar refractivity (Wildman–Crippen MR) is 561 cm³/mol. The fourth-order valence-corrected chi connectivity index (χ4v) is 14.0. The number of hydrogen-bond acceptors (Lipinski definition) is 29. The Morgan fingerprint density at radius 1 is 0.372 bits per heavy atom. The molecule has 0 saturated heterocycles. The van der Waals surface area contributed by atoms with Gasteiger partial charge in [0.2, 0.25) is 33.7 Å². The van der Waals surface area contributed by atoms with Gasteiger partial charge >= 0.3 is 12.2 Å². The number of allylic oxidation sites excluding steroid dienone is 1. The summed E-state index contributed by atoms with van der Waals surface area (Å²) >= 11 is 50.0. The van der Waals surface area contributed by atoms with Gasteiger partial charge in [-0.05, 0) is 271 Å². The molecule has 11 N–H and O–H groups in total. The first-order chi connectivity index (χ1) is 69.1. The number of nitrogens with two attached hydrogens (primary N) is 2. The number of benzene rings is 9. The van der Waals surface area contributed by atoms with E-state index in [0.717, 1.165) is 73.5 Å². The van der Waals surface area contributed by atoms with Crippen LogP contribution < -0.4 is 82.3 Å². The Morgan fingerprint density at radius 2 is 0.697 bits per heavy atom. The number of nitrogen functional groups attached to an aromatic ring is 2. The smallest absolute Gasteiger partial charge is 0.415 e. The number of fused-ring (bicyclic) bond motifs is 4. The van der Waals surface area contributed by atoms with E-state index in [9.17, 15) is 41.1 Å². The molecule has 9 aromatic carbocycles. The van der Waals surface area contributed by atoms with E-state index >= 15 is 0 Å². The van der Waals surface area contributed by atoms with Crippen LogP contribution in [0.3, 0.4) is 0 Å². The molecule has 0 bridgehead atoms. The van der Waals surface area contributed by atoms with Crippen LogP contribution in [0.2, 0.25) is 40.8 Å². The third kappa shape index (κ3) is 35.3. The quantitative estimate of drug-likeness (QED) is 0.0108. The fraction of sp³-hybridized carbons (Fsp3) is 0.172. The molecule has 5 aromatic heterocycles. The van der Waals surface area contributed by atoms with Gasteiger partial charge in [-0.25, -0.2) is 61.4 Å². The Bertz CT molecular complexity index is 6920. The van der Waals surface area contributed by atoms with Crippen LogP contribution in [0, 0.1) is 29.1 Å². The number of carbonyl (C=O) groups is 4. The van der Waals surface area contributed by atoms with Gasteiger partial charge in [0.1, 0.15) is 54.0 Å². The highest BCUT2D eigenvalue weighted by Crippen LogP contribution is 2.40. The third-order valence-corrected chi connectivity index (χ3v) is 20.8. The van der Waals surface area contributed by atoms with Gasteiger partial charge in [0.15, 0.2) is 57.5 Å². The highest BCUT2D eigenvalue weighted by Gasteiger charge is 2.32. The lowest BCUT2D eigenvalue weighted by Crippen LogP contribution is -2.41. The molecule has 0 aliphatic carbocycles. The van der Waals surface area contributed by atoms with Crippen molar-refractivity contribution in [2.45, 2.75) is 65.6 Å². The van der Waals surface area contributed by atoms with Crippen molar-refractivity contribution in [2.24, 2.45) is 0 Å². The van der Waals surface area contributed by atoms with Crippen molar-refractivity contribution in [1.82, 2.24) is 49.8 Å². The minimum atomic E-state index is -0.666. The molecule has 0 spiro atoms. The van der Waals surface area contributed by atoms with E-state index in [1.54, 1.807) is 180 Å². The molecular weight excluding hydrogens is 2070 g/mol. The Balaban J connectivity index is 0.000000166. The number of rotatable bonds is 16. The molecule has 0 radical (unpaired) electrons. The van der Waals surface area contributed by atoms with Crippen LogP contribution in [-0.2, 0) is 25.5 Å². The summed E-state index contributed by atoms with van der Waals surface area (Å²) in [6.07, 6.45) is 8.60. The van der Waals surface area contributed by atoms with Gasteiger partial charge in [0.05, 0.1) is 74.3 Å². The van der Waals surface area contributed by atoms with Crippen LogP contribution in [0.25, 0.3) is 0 Å². The molecule has 3 amide bonds. The molecule has 32 nitrogen and oxygen atoms in total. The number of amides is 3. The Labute approximate surface area is 874 Å². The normalized spacial score (nSPS) is 12.2. The summed E-state index contributed by atoms with van der Waals surface area (Å²) in [6, 6.07) is 56.2. The van der Waals surface area contributed by atoms with E-state index < -0.39 is 51.6 Å². The molecule has 14 aromatic rings. The molecule has 0 atom stereocenters. The number of nitrogens with one attached hydrogen (secondary N) is 7. The van der Waals surface area contributed by atoms with Gasteiger partial charge in [-0.3, -0.25) is 19.4 Å². The maximum absolute atomic E-state index is 14.3. The van der Waals surface area contributed by atoms with E-state index in [4.69, 9.17) is 144 Å². The number of anilines is 19. The maximum atomic E-state index is 14.3. The van der Waals surface area contributed by atoms with Crippen LogP contribution >= 0.6 is 104 Å². The van der Waals surface area contributed by atoms with Crippen molar-refractivity contribution in [3.63, 3.8) is 0 Å². The molecule has 754 valence electrons. The molecule has 46 heteroatoms. The van der Waals surface area contributed by atoms with Crippen LogP contribution in [-0.4, -0.2) is 130 Å². The zero-order valence-electron chi connectivity index (χ0n) is 77.6. The van der Waals surface area contributed by atoms with Crippen molar-refractivity contribution in [1.29, 1.82) is 0 Å². The minimum absolute atomic E-state index is 0.000443. The number of aromatic nitrogens is 10. The fourth-order valence-electron chi connectivity index (χ4n) is 12.6. The summed E-state index contributed by atoms with van der Waals surface area (Å²) in [5.74, 6) is 0.199. The van der Waals surface area contributed by atoms with Gasteiger partial charge in [-0.1, -0.05) is 113 Å². The lowest BCUT2D eigenvalue weighted by molar-refractivity contribution is -0.114. The third-order valence-electron chi connectivity index (χ3n) is 18.8. The number of hydrogen-bond donors (Lipinski definition) is 9. The van der Waals surface area contributed by atoms with Gasteiger partial charge in [-0.2, -0.15) is 19.9 Å². The minimum Gasteiger partial charge on any atom is -0.493 e. The topological polar surface area (TPSA) is 399 Å². The van der Waals surface area contributed by atoms with Crippen LogP contribution in [0.1, 0.15) is 53.5 Å². The molecule has 18 rings (SSSR count). The molecule has 0 unspecified atom stereocenters. The van der Waals surface area contributed by atoms with Crippen LogP contribution in [0.15, 0.2) is 250 Å². The van der Waals surface area contributed by atoms with Crippen molar-refractivity contribution in [3.8, 4) is 23.0 Å². The summed E-state index contributed by atoms with van der Waals surface area (Å²) in [7, 11) is 0. The first-order valence-corrected chi connectivity index (χ1v) is 46.7. The van der Waals surface area contributed by atoms with E-state index in [2.05, 4.69) is 100 Å². The Morgan fingerprint density at radius 3 is 1.06 bits per heavy atom. The summed E-state index contributed by atoms with van der Waals surface area (Å²) in [5.41, 5.74) is 18.7. The largest absolute Gasteiger partial charge is 0.493 e. The number of aryl methyl sites for hydroxylation is 1. The average Bonchev–Trinajstić information content (AvgIpc) is 0.894. The van der Waals surface area contributed by atoms with Crippen LogP contribution in [0.4, 0.5) is 141 Å². The first-order valence-electron chi connectivity index (χ1n) is 43.3. The zero-order valence-corrected chi connectivity index (χ0v) is 84.4. The summed E-state index contributed by atoms with van der Waals surface area (Å²) in [6.45, 7) is 20.8. The van der Waals surface area contributed by atoms with E-state index in [-0.39, 0.29) is 62.9 Å². The molecule has 9 heterocycles. The van der Waals surface area contributed by atoms with Gasteiger partial charge in [-0.15, -0.1) is 0 Å². The monoisotopic (exact) mass is 2160 g/mol. The van der Waals surface area contributed by atoms with Crippen molar-refractivity contribution < 1.29 is 69.6 Å². The van der Waals surface area contributed by atoms with Gasteiger partial charge in [0, 0.05) is 76.3 Å². The Hall–Kier alpha value is -14.8. The molecule has 0 saturated carbocycles.